The number of ether oxygens (including phenoxy) is 2. The highest BCUT2D eigenvalue weighted by Crippen LogP contribution is 2.36. The van der Waals surface area contributed by atoms with Crippen molar-refractivity contribution in [1.29, 1.82) is 0 Å². The normalized spacial score (nSPS) is 10.5. The molecule has 2 amide bonds. The van der Waals surface area contributed by atoms with Gasteiger partial charge in [0, 0.05) is 12.3 Å². The number of halogens is 1. The zero-order valence-corrected chi connectivity index (χ0v) is 14.5. The number of nitrogens with one attached hydrogen (secondary N) is 3. The van der Waals surface area contributed by atoms with Crippen LogP contribution in [0.1, 0.15) is 23.0 Å². The minimum absolute atomic E-state index is 0.340. The molecule has 0 saturated carbocycles. The molecule has 7 nitrogen and oxygen atoms in total. The van der Waals surface area contributed by atoms with Crippen molar-refractivity contribution in [2.75, 3.05) is 13.7 Å². The lowest BCUT2D eigenvalue weighted by atomic mass is 10.2. The van der Waals surface area contributed by atoms with Crippen molar-refractivity contribution >= 4 is 29.5 Å². The quantitative estimate of drug-likeness (QED) is 0.543. The summed E-state index contributed by atoms with van der Waals surface area (Å²) in [6.07, 6.45) is 4.42. The summed E-state index contributed by atoms with van der Waals surface area (Å²) in [5.41, 5.74) is 5.57. The molecule has 0 aliphatic heterocycles. The summed E-state index contributed by atoms with van der Waals surface area (Å²) in [5.74, 6) is -0.0244. The average molecular weight is 364 g/mol. The Morgan fingerprint density at radius 3 is 2.76 bits per heavy atom. The molecule has 0 bridgehead atoms. The van der Waals surface area contributed by atoms with Gasteiger partial charge in [-0.15, -0.1) is 0 Å². The Balaban J connectivity index is 2.00. The van der Waals surface area contributed by atoms with E-state index in [0.29, 0.717) is 34.4 Å². The lowest BCUT2D eigenvalue weighted by Crippen LogP contribution is -2.40. The number of rotatable bonds is 6. The molecule has 0 unspecified atom stereocenters. The molecular formula is C17H18ClN3O4. The Kier molecular flexibility index (Phi) is 6.47. The number of benzene rings is 1. The number of hydrogen-bond donors (Lipinski definition) is 3. The molecule has 1 heterocycles. The first-order valence-electron chi connectivity index (χ1n) is 7.47. The lowest BCUT2D eigenvalue weighted by molar-refractivity contribution is -0.117. The molecule has 0 saturated heterocycles. The SMILES string of the molecule is CCOc1cc(/C=C/C(=O)NNC(=O)c2ccc[nH]2)cc(Cl)c1OC. The summed E-state index contributed by atoms with van der Waals surface area (Å²) >= 11 is 6.15. The number of carbonyl (C=O) groups excluding carboxylic acids is 2. The molecule has 1 aromatic heterocycles. The highest BCUT2D eigenvalue weighted by atomic mass is 35.5. The highest BCUT2D eigenvalue weighted by Gasteiger charge is 2.11. The Bertz CT molecular complexity index is 772. The van der Waals surface area contributed by atoms with E-state index in [1.807, 2.05) is 6.92 Å². The van der Waals surface area contributed by atoms with Crippen LogP contribution in [0.3, 0.4) is 0 Å². The maximum Gasteiger partial charge on any atom is 0.286 e. The standard InChI is InChI=1S/C17H18ClN3O4/c1-3-25-14-10-11(9-12(18)16(14)24-2)6-7-15(22)20-21-17(23)13-5-4-8-19-13/h4-10,19H,3H2,1-2H3,(H,20,22)(H,21,23)/b7-6+. The van der Waals surface area contributed by atoms with Gasteiger partial charge in [-0.1, -0.05) is 11.6 Å². The van der Waals surface area contributed by atoms with Gasteiger partial charge in [-0.05, 0) is 42.8 Å². The fourth-order valence-electron chi connectivity index (χ4n) is 2.02. The summed E-state index contributed by atoms with van der Waals surface area (Å²) in [6.45, 7) is 2.29. The third kappa shape index (κ3) is 5.02. The van der Waals surface area contributed by atoms with E-state index in [9.17, 15) is 9.59 Å². The van der Waals surface area contributed by atoms with Gasteiger partial charge in [0.2, 0.25) is 0 Å². The molecule has 0 aliphatic carbocycles. The van der Waals surface area contributed by atoms with Crippen molar-refractivity contribution in [3.8, 4) is 11.5 Å². The van der Waals surface area contributed by atoms with Gasteiger partial charge in [0.15, 0.2) is 11.5 Å². The van der Waals surface area contributed by atoms with Crippen LogP contribution in [0.2, 0.25) is 5.02 Å². The van der Waals surface area contributed by atoms with Gasteiger partial charge in [0.05, 0.1) is 18.7 Å². The van der Waals surface area contributed by atoms with Gasteiger partial charge in [-0.2, -0.15) is 0 Å². The van der Waals surface area contributed by atoms with Gasteiger partial charge in [0.25, 0.3) is 11.8 Å². The van der Waals surface area contributed by atoms with E-state index < -0.39 is 11.8 Å². The van der Waals surface area contributed by atoms with Gasteiger partial charge in [-0.3, -0.25) is 20.4 Å². The minimum Gasteiger partial charge on any atom is -0.491 e. The van der Waals surface area contributed by atoms with E-state index in [-0.39, 0.29) is 0 Å². The van der Waals surface area contributed by atoms with Crippen LogP contribution in [-0.2, 0) is 4.79 Å². The Hall–Kier alpha value is -2.93. The third-order valence-corrected chi connectivity index (χ3v) is 3.39. The summed E-state index contributed by atoms with van der Waals surface area (Å²) in [4.78, 5) is 26.2. The number of hydrazine groups is 1. The highest BCUT2D eigenvalue weighted by molar-refractivity contribution is 6.32. The average Bonchev–Trinajstić information content (AvgIpc) is 3.12. The molecule has 2 aromatic rings. The van der Waals surface area contributed by atoms with E-state index in [1.165, 1.54) is 13.2 Å². The topological polar surface area (TPSA) is 92.5 Å². The minimum atomic E-state index is -0.496. The molecule has 0 atom stereocenters. The van der Waals surface area contributed by atoms with E-state index in [1.54, 1.807) is 36.5 Å². The van der Waals surface area contributed by atoms with Crippen LogP contribution in [0.4, 0.5) is 0 Å². The van der Waals surface area contributed by atoms with Crippen LogP contribution in [0.5, 0.6) is 11.5 Å². The van der Waals surface area contributed by atoms with Crippen LogP contribution in [-0.4, -0.2) is 30.5 Å². The van der Waals surface area contributed by atoms with Crippen molar-refractivity contribution < 1.29 is 19.1 Å². The fraction of sp³-hybridized carbons (Fsp3) is 0.176. The van der Waals surface area contributed by atoms with Crippen LogP contribution in [0, 0.1) is 0 Å². The van der Waals surface area contributed by atoms with Crippen LogP contribution in [0.15, 0.2) is 36.5 Å². The molecule has 8 heteroatoms. The van der Waals surface area contributed by atoms with Crippen molar-refractivity contribution in [1.82, 2.24) is 15.8 Å². The van der Waals surface area contributed by atoms with Crippen molar-refractivity contribution in [3.63, 3.8) is 0 Å². The predicted molar refractivity (Wildman–Crippen MR) is 94.6 cm³/mol. The molecule has 132 valence electrons. The molecule has 0 radical (unpaired) electrons. The van der Waals surface area contributed by atoms with Crippen LogP contribution >= 0.6 is 11.6 Å². The first kappa shape index (κ1) is 18.4. The van der Waals surface area contributed by atoms with E-state index in [2.05, 4.69) is 15.8 Å². The van der Waals surface area contributed by atoms with Gasteiger partial charge in [-0.25, -0.2) is 0 Å². The van der Waals surface area contributed by atoms with Crippen molar-refractivity contribution in [2.24, 2.45) is 0 Å². The van der Waals surface area contributed by atoms with E-state index in [4.69, 9.17) is 21.1 Å². The van der Waals surface area contributed by atoms with Gasteiger partial charge in [0.1, 0.15) is 5.69 Å². The second-order valence-corrected chi connectivity index (χ2v) is 5.23. The fourth-order valence-corrected chi connectivity index (χ4v) is 2.31. The van der Waals surface area contributed by atoms with E-state index >= 15 is 0 Å². The second kappa shape index (κ2) is 8.79. The second-order valence-electron chi connectivity index (χ2n) is 4.83. The predicted octanol–water partition coefficient (Wildman–Crippen LogP) is 2.55. The monoisotopic (exact) mass is 363 g/mol. The largest absolute Gasteiger partial charge is 0.491 e. The smallest absolute Gasteiger partial charge is 0.286 e. The molecule has 0 aliphatic rings. The lowest BCUT2D eigenvalue weighted by Gasteiger charge is -2.11. The van der Waals surface area contributed by atoms with Crippen molar-refractivity contribution in [2.45, 2.75) is 6.92 Å². The van der Waals surface area contributed by atoms with Crippen LogP contribution in [0.25, 0.3) is 6.08 Å². The Morgan fingerprint density at radius 2 is 2.12 bits per heavy atom. The molecule has 1 aromatic carbocycles. The zero-order chi connectivity index (χ0) is 18.2. The molecule has 0 fully saturated rings. The number of aromatic amines is 1. The number of carbonyl (C=O) groups is 2. The number of methoxy groups -OCH3 is 1. The maximum atomic E-state index is 11.8. The molecule has 3 N–H and O–H groups in total. The van der Waals surface area contributed by atoms with E-state index in [0.717, 1.165) is 0 Å². The first-order chi connectivity index (χ1) is 12.0. The Morgan fingerprint density at radius 1 is 1.32 bits per heavy atom. The number of hydrogen-bond acceptors (Lipinski definition) is 4. The summed E-state index contributed by atoms with van der Waals surface area (Å²) in [5, 5.41) is 0.369. The number of aromatic nitrogens is 1. The molecular weight excluding hydrogens is 346 g/mol. The zero-order valence-electron chi connectivity index (χ0n) is 13.8. The molecule has 0 spiro atoms. The van der Waals surface area contributed by atoms with Crippen molar-refractivity contribution in [3.05, 3.63) is 52.8 Å². The Labute approximate surface area is 149 Å². The van der Waals surface area contributed by atoms with Crippen LogP contribution < -0.4 is 20.3 Å². The third-order valence-electron chi connectivity index (χ3n) is 3.10. The first-order valence-corrected chi connectivity index (χ1v) is 7.85. The van der Waals surface area contributed by atoms with Gasteiger partial charge >= 0.3 is 0 Å². The number of H-pyrrole nitrogens is 1. The number of amides is 2. The summed E-state index contributed by atoms with van der Waals surface area (Å²) in [7, 11) is 1.50. The summed E-state index contributed by atoms with van der Waals surface area (Å²) in [6, 6.07) is 6.62. The van der Waals surface area contributed by atoms with Gasteiger partial charge < -0.3 is 14.5 Å². The summed E-state index contributed by atoms with van der Waals surface area (Å²) < 4.78 is 10.7. The molecule has 25 heavy (non-hydrogen) atoms. The maximum absolute atomic E-state index is 11.8. The molecule has 2 rings (SSSR count).